The van der Waals surface area contributed by atoms with Crippen LogP contribution in [0.4, 0.5) is 0 Å². The molecule has 2 unspecified atom stereocenters. The molecule has 2 N–H and O–H groups in total. The molecular formula is C19H20N2S. The summed E-state index contributed by atoms with van der Waals surface area (Å²) in [5.41, 5.74) is 5.48. The van der Waals surface area contributed by atoms with E-state index in [9.17, 15) is 0 Å². The SMILES string of the molecule is CC1/C=C\C=C/CN(N)C2=C1CC1Sc3ccccc3C1=C2. The highest BCUT2D eigenvalue weighted by Gasteiger charge is 2.33. The van der Waals surface area contributed by atoms with Gasteiger partial charge in [0.05, 0.1) is 12.2 Å². The lowest BCUT2D eigenvalue weighted by Gasteiger charge is -2.30. The van der Waals surface area contributed by atoms with Crippen LogP contribution in [0.2, 0.25) is 0 Å². The van der Waals surface area contributed by atoms with Crippen molar-refractivity contribution in [3.8, 4) is 0 Å². The summed E-state index contributed by atoms with van der Waals surface area (Å²) in [6.07, 6.45) is 12.0. The number of allylic oxidation sites excluding steroid dienone is 5. The van der Waals surface area contributed by atoms with Crippen molar-refractivity contribution < 1.29 is 0 Å². The summed E-state index contributed by atoms with van der Waals surface area (Å²) < 4.78 is 0. The molecule has 22 heavy (non-hydrogen) atoms. The largest absolute Gasteiger partial charge is 0.307 e. The molecule has 0 bridgehead atoms. The first-order valence-electron chi connectivity index (χ1n) is 7.80. The van der Waals surface area contributed by atoms with Crippen molar-refractivity contribution >= 4 is 17.3 Å². The van der Waals surface area contributed by atoms with Gasteiger partial charge >= 0.3 is 0 Å². The van der Waals surface area contributed by atoms with Crippen molar-refractivity contribution in [1.82, 2.24) is 5.01 Å². The van der Waals surface area contributed by atoms with Crippen LogP contribution in [0.3, 0.4) is 0 Å². The van der Waals surface area contributed by atoms with Crippen LogP contribution in [-0.4, -0.2) is 16.8 Å². The average Bonchev–Trinajstić information content (AvgIpc) is 2.91. The van der Waals surface area contributed by atoms with Crippen LogP contribution in [0.25, 0.3) is 5.57 Å². The number of rotatable bonds is 0. The van der Waals surface area contributed by atoms with Gasteiger partial charge in [-0.05, 0) is 41.2 Å². The third kappa shape index (κ3) is 2.25. The smallest absolute Gasteiger partial charge is 0.0526 e. The van der Waals surface area contributed by atoms with Crippen LogP contribution in [0.15, 0.2) is 70.8 Å². The summed E-state index contributed by atoms with van der Waals surface area (Å²) >= 11 is 1.99. The van der Waals surface area contributed by atoms with Gasteiger partial charge in [0, 0.05) is 10.1 Å². The second-order valence-corrected chi connectivity index (χ2v) is 7.32. The molecule has 112 valence electrons. The van der Waals surface area contributed by atoms with Gasteiger partial charge in [0.1, 0.15) is 0 Å². The summed E-state index contributed by atoms with van der Waals surface area (Å²) in [4.78, 5) is 1.40. The Morgan fingerprint density at radius 1 is 1.23 bits per heavy atom. The van der Waals surface area contributed by atoms with Crippen LogP contribution in [-0.2, 0) is 0 Å². The molecule has 1 aliphatic carbocycles. The van der Waals surface area contributed by atoms with Gasteiger partial charge in [0.15, 0.2) is 0 Å². The Balaban J connectivity index is 1.82. The Bertz CT molecular complexity index is 727. The van der Waals surface area contributed by atoms with Gasteiger partial charge in [-0.1, -0.05) is 49.4 Å². The topological polar surface area (TPSA) is 29.3 Å². The lowest BCUT2D eigenvalue weighted by molar-refractivity contribution is 0.400. The lowest BCUT2D eigenvalue weighted by atomic mass is 9.85. The monoisotopic (exact) mass is 308 g/mol. The van der Waals surface area contributed by atoms with Crippen molar-refractivity contribution in [3.05, 3.63) is 71.5 Å². The van der Waals surface area contributed by atoms with E-state index in [0.717, 1.165) is 13.0 Å². The molecule has 0 fully saturated rings. The Hall–Kier alpha value is -1.71. The zero-order chi connectivity index (χ0) is 15.1. The summed E-state index contributed by atoms with van der Waals surface area (Å²) in [5, 5.41) is 2.43. The molecule has 1 aromatic carbocycles. The summed E-state index contributed by atoms with van der Waals surface area (Å²) in [5.74, 6) is 6.76. The van der Waals surface area contributed by atoms with Gasteiger partial charge in [-0.25, -0.2) is 5.84 Å². The molecule has 0 radical (unpaired) electrons. The van der Waals surface area contributed by atoms with Gasteiger partial charge in [-0.15, -0.1) is 11.8 Å². The van der Waals surface area contributed by atoms with E-state index in [1.54, 1.807) is 0 Å². The molecule has 3 aliphatic rings. The molecule has 2 atom stereocenters. The molecule has 2 nitrogen and oxygen atoms in total. The number of thioether (sulfide) groups is 1. The van der Waals surface area contributed by atoms with Gasteiger partial charge in [0.2, 0.25) is 0 Å². The second kappa shape index (κ2) is 5.49. The zero-order valence-corrected chi connectivity index (χ0v) is 13.5. The average molecular weight is 308 g/mol. The number of nitrogens with zero attached hydrogens (tertiary/aromatic N) is 1. The highest BCUT2D eigenvalue weighted by Crippen LogP contribution is 2.51. The molecule has 0 saturated heterocycles. The first-order chi connectivity index (χ1) is 10.7. The molecule has 2 aliphatic heterocycles. The number of hydrazine groups is 1. The highest BCUT2D eigenvalue weighted by atomic mass is 32.2. The van der Waals surface area contributed by atoms with E-state index < -0.39 is 0 Å². The number of benzene rings is 1. The molecular weight excluding hydrogens is 288 g/mol. The minimum absolute atomic E-state index is 0.422. The third-order valence-corrected chi connectivity index (χ3v) is 5.96. The molecule has 4 rings (SSSR count). The molecule has 3 heteroatoms. The third-order valence-electron chi connectivity index (χ3n) is 4.65. The normalized spacial score (nSPS) is 29.5. The summed E-state index contributed by atoms with van der Waals surface area (Å²) in [6.45, 7) is 3.02. The second-order valence-electron chi connectivity index (χ2n) is 6.07. The minimum Gasteiger partial charge on any atom is -0.307 e. The van der Waals surface area contributed by atoms with Gasteiger partial charge in [-0.3, -0.25) is 0 Å². The van der Waals surface area contributed by atoms with Crippen molar-refractivity contribution in [3.63, 3.8) is 0 Å². The molecule has 0 saturated carbocycles. The Morgan fingerprint density at radius 3 is 3.00 bits per heavy atom. The number of hydrogen-bond donors (Lipinski definition) is 1. The van der Waals surface area contributed by atoms with E-state index in [-0.39, 0.29) is 0 Å². The maximum absolute atomic E-state index is 6.34. The maximum atomic E-state index is 6.34. The van der Waals surface area contributed by atoms with Crippen molar-refractivity contribution in [1.29, 1.82) is 0 Å². The quantitative estimate of drug-likeness (QED) is 0.730. The minimum atomic E-state index is 0.422. The maximum Gasteiger partial charge on any atom is 0.0526 e. The zero-order valence-electron chi connectivity index (χ0n) is 12.7. The standard InChI is InChI=1S/C19H20N2S/c1-13-7-3-2-6-10-21(20)17-11-16-14-8-4-5-9-18(14)22-19(16)12-15(13)17/h2-9,11,13,19H,10,12,20H2,1H3/b6-2-,7-3-. The summed E-state index contributed by atoms with van der Waals surface area (Å²) in [6, 6.07) is 8.72. The number of fused-ring (bicyclic) bond motifs is 3. The molecule has 0 spiro atoms. The fourth-order valence-corrected chi connectivity index (χ4v) is 4.81. The summed E-state index contributed by atoms with van der Waals surface area (Å²) in [7, 11) is 0. The van der Waals surface area contributed by atoms with E-state index in [4.69, 9.17) is 5.84 Å². The van der Waals surface area contributed by atoms with Gasteiger partial charge in [0.25, 0.3) is 0 Å². The first kappa shape index (κ1) is 13.9. The van der Waals surface area contributed by atoms with E-state index in [0.29, 0.717) is 11.2 Å². The van der Waals surface area contributed by atoms with E-state index >= 15 is 0 Å². The fourth-order valence-electron chi connectivity index (χ4n) is 3.45. The Labute approximate surface area is 136 Å². The van der Waals surface area contributed by atoms with Crippen molar-refractivity contribution in [2.45, 2.75) is 23.5 Å². The van der Waals surface area contributed by atoms with Gasteiger partial charge < -0.3 is 5.01 Å². The van der Waals surface area contributed by atoms with Crippen molar-refractivity contribution in [2.24, 2.45) is 11.8 Å². The number of hydrogen-bond acceptors (Lipinski definition) is 3. The predicted molar refractivity (Wildman–Crippen MR) is 94.0 cm³/mol. The Kier molecular flexibility index (Phi) is 3.47. The van der Waals surface area contributed by atoms with E-state index in [1.165, 1.54) is 27.3 Å². The molecule has 0 aromatic heterocycles. The fraction of sp³-hybridized carbons (Fsp3) is 0.263. The van der Waals surface area contributed by atoms with E-state index in [1.807, 2.05) is 16.8 Å². The van der Waals surface area contributed by atoms with Crippen molar-refractivity contribution in [2.75, 3.05) is 6.54 Å². The lowest BCUT2D eigenvalue weighted by Crippen LogP contribution is -2.33. The van der Waals surface area contributed by atoms with E-state index in [2.05, 4.69) is 61.6 Å². The number of nitrogens with two attached hydrogens (primary N) is 1. The highest BCUT2D eigenvalue weighted by molar-refractivity contribution is 8.00. The molecule has 1 aromatic rings. The van der Waals surface area contributed by atoms with Crippen LogP contribution in [0.5, 0.6) is 0 Å². The van der Waals surface area contributed by atoms with Gasteiger partial charge in [-0.2, -0.15) is 0 Å². The van der Waals surface area contributed by atoms with Crippen LogP contribution < -0.4 is 5.84 Å². The van der Waals surface area contributed by atoms with Crippen LogP contribution >= 0.6 is 11.8 Å². The Morgan fingerprint density at radius 2 is 2.09 bits per heavy atom. The van der Waals surface area contributed by atoms with Crippen LogP contribution in [0.1, 0.15) is 18.9 Å². The molecule has 2 heterocycles. The molecule has 0 amide bonds. The van der Waals surface area contributed by atoms with Crippen LogP contribution in [0, 0.1) is 5.92 Å². The predicted octanol–water partition coefficient (Wildman–Crippen LogP) is 4.14. The first-order valence-corrected chi connectivity index (χ1v) is 8.68.